The molecule has 104 valence electrons. The summed E-state index contributed by atoms with van der Waals surface area (Å²) in [7, 11) is 3.00. The van der Waals surface area contributed by atoms with Gasteiger partial charge in [-0.3, -0.25) is 4.79 Å². The van der Waals surface area contributed by atoms with Gasteiger partial charge < -0.3 is 15.2 Å². The van der Waals surface area contributed by atoms with Gasteiger partial charge in [0, 0.05) is 11.1 Å². The molecule has 0 aliphatic rings. The Morgan fingerprint density at radius 1 is 1.00 bits per heavy atom. The molecule has 0 saturated heterocycles. The molecular formula is C15H14FNO3. The van der Waals surface area contributed by atoms with Gasteiger partial charge in [0.1, 0.15) is 5.82 Å². The van der Waals surface area contributed by atoms with E-state index in [1.165, 1.54) is 32.4 Å². The highest BCUT2D eigenvalue weighted by atomic mass is 19.1. The van der Waals surface area contributed by atoms with Crippen molar-refractivity contribution < 1.29 is 18.7 Å². The lowest BCUT2D eigenvalue weighted by molar-refractivity contribution is 0.103. The van der Waals surface area contributed by atoms with Crippen LogP contribution in [-0.4, -0.2) is 20.0 Å². The van der Waals surface area contributed by atoms with Gasteiger partial charge in [-0.25, -0.2) is 4.39 Å². The number of anilines is 1. The zero-order chi connectivity index (χ0) is 14.7. The SMILES string of the molecule is COc1ccc(C(=O)c2ccc(F)c(N)c2)cc1OC. The third-order valence-corrected chi connectivity index (χ3v) is 2.90. The number of nitrogen functional groups attached to an aromatic ring is 1. The van der Waals surface area contributed by atoms with E-state index < -0.39 is 5.82 Å². The molecule has 20 heavy (non-hydrogen) atoms. The van der Waals surface area contributed by atoms with E-state index in [0.29, 0.717) is 22.6 Å². The standard InChI is InChI=1S/C15H14FNO3/c1-19-13-6-4-10(8-14(13)20-2)15(18)9-3-5-11(16)12(17)7-9/h3-8H,17H2,1-2H3. The lowest BCUT2D eigenvalue weighted by atomic mass is 10.0. The first-order chi connectivity index (χ1) is 9.56. The summed E-state index contributed by atoms with van der Waals surface area (Å²) in [5.74, 6) is 0.169. The molecule has 0 saturated carbocycles. The van der Waals surface area contributed by atoms with Crippen LogP contribution in [-0.2, 0) is 0 Å². The second kappa shape index (κ2) is 5.61. The zero-order valence-electron chi connectivity index (χ0n) is 11.1. The summed E-state index contributed by atoms with van der Waals surface area (Å²) in [5, 5.41) is 0. The van der Waals surface area contributed by atoms with Crippen molar-refractivity contribution in [3.05, 3.63) is 53.3 Å². The summed E-state index contributed by atoms with van der Waals surface area (Å²) in [5.41, 5.74) is 6.13. The molecule has 2 aromatic carbocycles. The smallest absolute Gasteiger partial charge is 0.193 e. The average molecular weight is 275 g/mol. The normalized spacial score (nSPS) is 10.2. The number of hydrogen-bond donors (Lipinski definition) is 1. The van der Waals surface area contributed by atoms with E-state index in [-0.39, 0.29) is 11.5 Å². The van der Waals surface area contributed by atoms with Crippen molar-refractivity contribution in [3.63, 3.8) is 0 Å². The Balaban J connectivity index is 2.40. The maximum Gasteiger partial charge on any atom is 0.193 e. The van der Waals surface area contributed by atoms with Crippen molar-refractivity contribution in [1.29, 1.82) is 0 Å². The van der Waals surface area contributed by atoms with Crippen LogP contribution in [0.3, 0.4) is 0 Å². The van der Waals surface area contributed by atoms with Crippen molar-refractivity contribution in [2.24, 2.45) is 0 Å². The molecule has 5 heteroatoms. The van der Waals surface area contributed by atoms with E-state index in [0.717, 1.165) is 0 Å². The lowest BCUT2D eigenvalue weighted by Gasteiger charge is -2.09. The molecule has 0 amide bonds. The van der Waals surface area contributed by atoms with E-state index in [1.807, 2.05) is 0 Å². The fourth-order valence-corrected chi connectivity index (χ4v) is 1.83. The molecule has 2 rings (SSSR count). The summed E-state index contributed by atoms with van der Waals surface area (Å²) >= 11 is 0. The number of carbonyl (C=O) groups is 1. The first kappa shape index (κ1) is 13.9. The number of halogens is 1. The predicted molar refractivity (Wildman–Crippen MR) is 73.8 cm³/mol. The quantitative estimate of drug-likeness (QED) is 0.688. The van der Waals surface area contributed by atoms with Crippen LogP contribution >= 0.6 is 0 Å². The van der Waals surface area contributed by atoms with Crippen LogP contribution in [0.25, 0.3) is 0 Å². The number of benzene rings is 2. The Bertz CT molecular complexity index is 656. The molecule has 0 aliphatic carbocycles. The van der Waals surface area contributed by atoms with Crippen LogP contribution in [0.15, 0.2) is 36.4 Å². The Hall–Kier alpha value is -2.56. The molecule has 0 atom stereocenters. The first-order valence-corrected chi connectivity index (χ1v) is 5.88. The second-order valence-electron chi connectivity index (χ2n) is 4.14. The van der Waals surface area contributed by atoms with Gasteiger partial charge in [0.25, 0.3) is 0 Å². The highest BCUT2D eigenvalue weighted by molar-refractivity contribution is 6.09. The van der Waals surface area contributed by atoms with Crippen molar-refractivity contribution >= 4 is 11.5 Å². The van der Waals surface area contributed by atoms with Crippen LogP contribution in [0.4, 0.5) is 10.1 Å². The minimum absolute atomic E-state index is 0.0590. The van der Waals surface area contributed by atoms with Gasteiger partial charge >= 0.3 is 0 Å². The number of ketones is 1. The first-order valence-electron chi connectivity index (χ1n) is 5.88. The molecular weight excluding hydrogens is 261 g/mol. The van der Waals surface area contributed by atoms with Gasteiger partial charge in [-0.15, -0.1) is 0 Å². The van der Waals surface area contributed by atoms with Crippen LogP contribution in [0.2, 0.25) is 0 Å². The number of hydrogen-bond acceptors (Lipinski definition) is 4. The zero-order valence-corrected chi connectivity index (χ0v) is 11.1. The van der Waals surface area contributed by atoms with E-state index >= 15 is 0 Å². The predicted octanol–water partition coefficient (Wildman–Crippen LogP) is 2.66. The number of rotatable bonds is 4. The maximum absolute atomic E-state index is 13.1. The maximum atomic E-state index is 13.1. The van der Waals surface area contributed by atoms with Gasteiger partial charge in [0.2, 0.25) is 0 Å². The summed E-state index contributed by atoms with van der Waals surface area (Å²) < 4.78 is 23.4. The van der Waals surface area contributed by atoms with Crippen LogP contribution < -0.4 is 15.2 Å². The Labute approximate surface area is 115 Å². The fraction of sp³-hybridized carbons (Fsp3) is 0.133. The van der Waals surface area contributed by atoms with Crippen LogP contribution in [0.1, 0.15) is 15.9 Å². The Kier molecular flexibility index (Phi) is 3.89. The lowest BCUT2D eigenvalue weighted by Crippen LogP contribution is -2.04. The van der Waals surface area contributed by atoms with Gasteiger partial charge in [0.15, 0.2) is 17.3 Å². The molecule has 0 fully saturated rings. The highest BCUT2D eigenvalue weighted by Gasteiger charge is 2.14. The number of nitrogens with two attached hydrogens (primary N) is 1. The summed E-state index contributed by atoms with van der Waals surface area (Å²) in [4.78, 5) is 12.3. The minimum Gasteiger partial charge on any atom is -0.493 e. The Morgan fingerprint density at radius 2 is 1.60 bits per heavy atom. The molecule has 0 aliphatic heterocycles. The van der Waals surface area contributed by atoms with Gasteiger partial charge in [-0.2, -0.15) is 0 Å². The molecule has 0 bridgehead atoms. The number of ether oxygens (including phenoxy) is 2. The van der Waals surface area contributed by atoms with Crippen molar-refractivity contribution in [2.45, 2.75) is 0 Å². The topological polar surface area (TPSA) is 61.5 Å². The minimum atomic E-state index is -0.547. The van der Waals surface area contributed by atoms with Gasteiger partial charge in [0.05, 0.1) is 19.9 Å². The summed E-state index contributed by atoms with van der Waals surface area (Å²) in [6, 6.07) is 8.70. The average Bonchev–Trinajstić information content (AvgIpc) is 2.48. The molecule has 0 spiro atoms. The molecule has 2 aromatic rings. The third-order valence-electron chi connectivity index (χ3n) is 2.90. The molecule has 0 heterocycles. The highest BCUT2D eigenvalue weighted by Crippen LogP contribution is 2.28. The van der Waals surface area contributed by atoms with E-state index in [2.05, 4.69) is 0 Å². The van der Waals surface area contributed by atoms with Gasteiger partial charge in [-0.1, -0.05) is 0 Å². The van der Waals surface area contributed by atoms with E-state index in [4.69, 9.17) is 15.2 Å². The van der Waals surface area contributed by atoms with Crippen molar-refractivity contribution in [3.8, 4) is 11.5 Å². The molecule has 0 unspecified atom stereocenters. The van der Waals surface area contributed by atoms with Crippen molar-refractivity contribution in [2.75, 3.05) is 20.0 Å². The third kappa shape index (κ3) is 2.56. The molecule has 0 aromatic heterocycles. The largest absolute Gasteiger partial charge is 0.493 e. The van der Waals surface area contributed by atoms with E-state index in [9.17, 15) is 9.18 Å². The van der Waals surface area contributed by atoms with Gasteiger partial charge in [-0.05, 0) is 36.4 Å². The number of methoxy groups -OCH3 is 2. The molecule has 0 radical (unpaired) electrons. The second-order valence-corrected chi connectivity index (χ2v) is 4.14. The van der Waals surface area contributed by atoms with E-state index in [1.54, 1.807) is 18.2 Å². The monoisotopic (exact) mass is 275 g/mol. The fourth-order valence-electron chi connectivity index (χ4n) is 1.83. The van der Waals surface area contributed by atoms with Crippen molar-refractivity contribution in [1.82, 2.24) is 0 Å². The molecule has 4 nitrogen and oxygen atoms in total. The van der Waals surface area contributed by atoms with Crippen LogP contribution in [0, 0.1) is 5.82 Å². The Morgan fingerprint density at radius 3 is 2.20 bits per heavy atom. The summed E-state index contributed by atoms with van der Waals surface area (Å²) in [6.45, 7) is 0. The summed E-state index contributed by atoms with van der Waals surface area (Å²) in [6.07, 6.45) is 0. The van der Waals surface area contributed by atoms with Crippen LogP contribution in [0.5, 0.6) is 11.5 Å². The number of carbonyl (C=O) groups excluding carboxylic acids is 1. The molecule has 2 N–H and O–H groups in total.